The molecule has 1 aromatic heterocycles. The molecule has 5 rings (SSSR count). The Morgan fingerprint density at radius 3 is 2.67 bits per heavy atom. The van der Waals surface area contributed by atoms with E-state index in [2.05, 4.69) is 57.8 Å². The van der Waals surface area contributed by atoms with Gasteiger partial charge in [-0.15, -0.1) is 19.0 Å². The summed E-state index contributed by atoms with van der Waals surface area (Å²) in [7, 11) is 0. The number of fused-ring (bicyclic) bond motifs is 4. The van der Waals surface area contributed by atoms with E-state index in [0.717, 1.165) is 57.2 Å². The van der Waals surface area contributed by atoms with Crippen molar-refractivity contribution >= 4 is 11.3 Å². The summed E-state index contributed by atoms with van der Waals surface area (Å²) < 4.78 is 29.4. The van der Waals surface area contributed by atoms with Gasteiger partial charge >= 0.3 is 0 Å². The van der Waals surface area contributed by atoms with Crippen molar-refractivity contribution < 1.29 is 39.2 Å². The Labute approximate surface area is 264 Å². The minimum atomic E-state index is -2.05. The molecule has 0 saturated carbocycles. The van der Waals surface area contributed by atoms with E-state index in [1.54, 1.807) is 6.08 Å². The molecule has 1 radical (unpaired) electrons. The first-order valence-corrected chi connectivity index (χ1v) is 15.9. The minimum absolute atomic E-state index is 0. The second kappa shape index (κ2) is 15.4. The first kappa shape index (κ1) is 29.0. The summed E-state index contributed by atoms with van der Waals surface area (Å²) in [6.45, 7) is 9.18. The van der Waals surface area contributed by atoms with Crippen LogP contribution in [0.25, 0.3) is 5.32 Å². The van der Waals surface area contributed by atoms with Gasteiger partial charge in [-0.25, -0.2) is 6.42 Å². The number of hydrogen-bond acceptors (Lipinski definition) is 5. The quantitative estimate of drug-likeness (QED) is 0.144. The van der Waals surface area contributed by atoms with Crippen molar-refractivity contribution in [2.45, 2.75) is 117 Å². The minimum Gasteiger partial charge on any atom is -0.653 e. The van der Waals surface area contributed by atoms with Crippen LogP contribution >= 0.6 is 11.3 Å². The number of hydrogen-bond donors (Lipinski definition) is 3. The zero-order valence-corrected chi connectivity index (χ0v) is 27.9. The fraction of sp³-hybridized carbons (Fsp3) is 0.667. The molecular weight excluding hydrogens is 697 g/mol. The molecule has 0 bridgehead atoms. The van der Waals surface area contributed by atoms with E-state index in [0.29, 0.717) is 11.7 Å². The summed E-state index contributed by atoms with van der Waals surface area (Å²) in [5.74, 6) is 2.42. The number of aliphatic hydroxyl groups excluding tert-OH is 2. The van der Waals surface area contributed by atoms with Gasteiger partial charge in [0.25, 0.3) is 0 Å². The first-order valence-electron chi connectivity index (χ1n) is 16.5. The number of thiophene rings is 1. The molecule has 4 heterocycles. The van der Waals surface area contributed by atoms with Crippen molar-refractivity contribution in [3.05, 3.63) is 68.4 Å². The Bertz CT molecular complexity index is 1140. The van der Waals surface area contributed by atoms with Crippen molar-refractivity contribution in [3.8, 4) is 0 Å². The Morgan fingerprint density at radius 1 is 1.25 bits per heavy atom. The third-order valence-corrected chi connectivity index (χ3v) is 10.2. The summed E-state index contributed by atoms with van der Waals surface area (Å²) in [4.78, 5) is 1.40. The van der Waals surface area contributed by atoms with Gasteiger partial charge in [-0.1, -0.05) is 59.1 Å². The molecule has 1 aliphatic carbocycles. The van der Waals surface area contributed by atoms with Gasteiger partial charge in [0.05, 0.1) is 11.9 Å². The Balaban J connectivity index is 0.000000274. The molecule has 0 aromatic carbocycles. The van der Waals surface area contributed by atoms with Crippen LogP contribution in [-0.4, -0.2) is 34.6 Å². The molecule has 0 spiro atoms. The van der Waals surface area contributed by atoms with Gasteiger partial charge in [0.1, 0.15) is 6.23 Å². The van der Waals surface area contributed by atoms with E-state index in [-0.39, 0.29) is 50.1 Å². The van der Waals surface area contributed by atoms with Crippen LogP contribution in [-0.2, 0) is 37.8 Å². The molecule has 1 unspecified atom stereocenters. The van der Waals surface area contributed by atoms with Gasteiger partial charge in [-0.05, 0) is 78.1 Å². The predicted octanol–water partition coefficient (Wildman–Crippen LogP) is 7.90. The van der Waals surface area contributed by atoms with E-state index >= 15 is 0 Å². The molecule has 6 atom stereocenters. The normalized spacial score (nSPS) is 29.4. The zero-order valence-electron chi connectivity index (χ0n) is 27.7. The topological polar surface area (TPSA) is 75.8 Å². The molecule has 4 aliphatic rings. The van der Waals surface area contributed by atoms with Gasteiger partial charge in [0.2, 0.25) is 0 Å². The first-order chi connectivity index (χ1) is 20.0. The molecule has 7 heteroatoms. The molecule has 3 N–H and O–H groups in total. The van der Waals surface area contributed by atoms with Gasteiger partial charge < -0.3 is 20.3 Å². The van der Waals surface area contributed by atoms with Crippen LogP contribution in [0.4, 0.5) is 0 Å². The third kappa shape index (κ3) is 7.46. The Morgan fingerprint density at radius 2 is 2.00 bits per heavy atom. The van der Waals surface area contributed by atoms with Crippen LogP contribution in [0.15, 0.2) is 40.7 Å². The van der Waals surface area contributed by atoms with Crippen molar-refractivity contribution in [2.24, 2.45) is 23.7 Å². The maximum absolute atomic E-state index is 9.88. The largest absolute Gasteiger partial charge is 0.653 e. The van der Waals surface area contributed by atoms with E-state index in [1.807, 2.05) is 17.4 Å². The predicted molar refractivity (Wildman–Crippen MR) is 163 cm³/mol. The molecule has 5 nitrogen and oxygen atoms in total. The van der Waals surface area contributed by atoms with E-state index in [1.165, 1.54) is 21.6 Å². The van der Waals surface area contributed by atoms with Crippen molar-refractivity contribution in [1.29, 1.82) is 0 Å². The maximum atomic E-state index is 9.88. The van der Waals surface area contributed by atoms with E-state index in [4.69, 9.17) is 14.2 Å². The summed E-state index contributed by atoms with van der Waals surface area (Å²) in [6, 6.07) is -0.478. The van der Waals surface area contributed by atoms with Gasteiger partial charge in [0.15, 0.2) is 0 Å². The van der Waals surface area contributed by atoms with Crippen molar-refractivity contribution in [1.82, 2.24) is 5.32 Å². The van der Waals surface area contributed by atoms with Crippen LogP contribution in [0.2, 0.25) is 0 Å². The van der Waals surface area contributed by atoms with E-state index < -0.39 is 19.0 Å². The van der Waals surface area contributed by atoms with Crippen molar-refractivity contribution in [2.75, 3.05) is 0 Å². The second-order valence-corrected chi connectivity index (χ2v) is 12.4. The molecule has 1 saturated heterocycles. The fourth-order valence-electron chi connectivity index (χ4n) is 6.48. The molecular formula is C33H50IrN2O3S-2. The van der Waals surface area contributed by atoms with Crippen LogP contribution in [0.3, 0.4) is 0 Å². The zero-order chi connectivity index (χ0) is 30.6. The number of allylic oxidation sites excluding steroid dienone is 2. The Hall–Kier alpha value is -1.08. The Kier molecular flexibility index (Phi) is 11.2. The van der Waals surface area contributed by atoms with Crippen LogP contribution in [0, 0.1) is 37.0 Å². The number of ether oxygens (including phenoxy) is 1. The SMILES string of the molecule is CCC(CC)/C(O)=C/[C@@H](O)C(CC)CC.[2H]C([2H])([2H])[C@@H]1C=CC2[C@@H]3CC[CH-]C([C@H]4Cc5c(C)csc5C[N-]4)=C3O[C@@H]2N1.[Ir]. The smallest absolute Gasteiger partial charge is 0.134 e. The van der Waals surface area contributed by atoms with Gasteiger partial charge in [-0.3, -0.25) is 5.32 Å². The van der Waals surface area contributed by atoms with Crippen molar-refractivity contribution in [3.63, 3.8) is 0 Å². The van der Waals surface area contributed by atoms with Gasteiger partial charge in [-0.2, -0.15) is 16.9 Å². The second-order valence-electron chi connectivity index (χ2n) is 11.4. The van der Waals surface area contributed by atoms with Crippen LogP contribution < -0.4 is 5.32 Å². The number of nitrogens with zero attached hydrogens (tertiary/aromatic N) is 1. The monoisotopic (exact) mass is 750 g/mol. The molecule has 1 fully saturated rings. The maximum Gasteiger partial charge on any atom is 0.134 e. The third-order valence-electron chi connectivity index (χ3n) is 9.08. The number of rotatable bonds is 8. The van der Waals surface area contributed by atoms with Gasteiger partial charge in [0, 0.05) is 42.1 Å². The van der Waals surface area contributed by atoms with E-state index in [9.17, 15) is 10.2 Å². The molecule has 3 aliphatic heterocycles. The number of nitrogens with one attached hydrogen (secondary N) is 1. The summed E-state index contributed by atoms with van der Waals surface area (Å²) in [5.41, 5.74) is 4.07. The standard InChI is InChI=1S/C20H24N2OS.C13H26O2.Ir/c1-11-10-24-18-9-21-17(8-16(11)18)15-5-3-4-13-14-7-6-12(2)22-20(14)23-19(13)15;1-5-10(6-2)12(14)9-13(15)11(7-3)8-4;/h5-7,10,12-14,17,20,22H,3-4,8-9H2,1-2H3;9-12,14-15H,5-8H2,1-4H3;/q-2;;/b;13-9-;/t12-,13+,14?,17-,20+;12-;/m11./s1/i2D3;;. The summed E-state index contributed by atoms with van der Waals surface area (Å²) >= 11 is 1.82. The molecule has 40 heavy (non-hydrogen) atoms. The molecule has 1 aromatic rings. The number of aliphatic hydroxyl groups is 2. The average Bonchev–Trinajstić information content (AvgIpc) is 3.53. The fourth-order valence-corrected chi connectivity index (χ4v) is 7.48. The van der Waals surface area contributed by atoms with Crippen LogP contribution in [0.1, 0.15) is 93.2 Å². The summed E-state index contributed by atoms with van der Waals surface area (Å²) in [6.07, 6.45) is 13.9. The average molecular weight is 750 g/mol. The molecule has 227 valence electrons. The summed E-state index contributed by atoms with van der Waals surface area (Å²) in [5, 5.41) is 30.1. The number of aryl methyl sites for hydroxylation is 1. The molecule has 0 amide bonds. The van der Waals surface area contributed by atoms with Crippen LogP contribution in [0.5, 0.6) is 0 Å².